The van der Waals surface area contributed by atoms with Gasteiger partial charge in [-0.2, -0.15) is 0 Å². The van der Waals surface area contributed by atoms with Crippen molar-refractivity contribution in [2.45, 2.75) is 13.0 Å². The maximum Gasteiger partial charge on any atom is 0.339 e. The molecule has 0 radical (unpaired) electrons. The van der Waals surface area contributed by atoms with Crippen molar-refractivity contribution in [3.63, 3.8) is 0 Å². The number of cyclic esters (lactones) is 1. The zero-order valence-electron chi connectivity index (χ0n) is 8.58. The van der Waals surface area contributed by atoms with Gasteiger partial charge in [-0.25, -0.2) is 4.79 Å². The molecule has 0 aliphatic carbocycles. The van der Waals surface area contributed by atoms with Crippen molar-refractivity contribution in [1.29, 1.82) is 0 Å². The molecule has 0 atom stereocenters. The minimum absolute atomic E-state index is 0.270. The lowest BCUT2D eigenvalue weighted by Gasteiger charge is -2.07. The molecule has 0 amide bonds. The van der Waals surface area contributed by atoms with Crippen LogP contribution in [0.1, 0.15) is 21.5 Å². The number of hydrogen-bond donors (Lipinski definition) is 0. The van der Waals surface area contributed by atoms with Gasteiger partial charge in [-0.3, -0.25) is 0 Å². The Hall–Kier alpha value is -1.77. The second kappa shape index (κ2) is 3.77. The van der Waals surface area contributed by atoms with Crippen molar-refractivity contribution < 1.29 is 14.3 Å². The van der Waals surface area contributed by atoms with Crippen molar-refractivity contribution in [1.82, 2.24) is 0 Å². The van der Waals surface area contributed by atoms with E-state index < -0.39 is 0 Å². The molecule has 1 aromatic rings. The highest BCUT2D eigenvalue weighted by molar-refractivity contribution is 5.94. The maximum atomic E-state index is 11.3. The predicted molar refractivity (Wildman–Crippen MR) is 56.0 cm³/mol. The summed E-state index contributed by atoms with van der Waals surface area (Å²) in [6.07, 6.45) is 2.53. The molecule has 3 heteroatoms. The third-order valence-corrected chi connectivity index (χ3v) is 2.45. The van der Waals surface area contributed by atoms with Gasteiger partial charge in [0, 0.05) is 5.56 Å². The van der Waals surface area contributed by atoms with E-state index in [0.29, 0.717) is 17.9 Å². The number of allylic oxidation sites excluding steroid dienone is 1. The fourth-order valence-electron chi connectivity index (χ4n) is 1.71. The van der Waals surface area contributed by atoms with Crippen LogP contribution in [0.4, 0.5) is 0 Å². The van der Waals surface area contributed by atoms with Gasteiger partial charge in [-0.15, -0.1) is 6.58 Å². The van der Waals surface area contributed by atoms with E-state index in [4.69, 9.17) is 9.47 Å². The average Bonchev–Trinajstić information content (AvgIpc) is 2.59. The van der Waals surface area contributed by atoms with Crippen LogP contribution >= 0.6 is 0 Å². The third-order valence-electron chi connectivity index (χ3n) is 2.45. The van der Waals surface area contributed by atoms with Crippen LogP contribution in [-0.2, 0) is 17.8 Å². The first-order valence-corrected chi connectivity index (χ1v) is 4.74. The smallest absolute Gasteiger partial charge is 0.339 e. The Bertz CT molecular complexity index is 421. The highest BCUT2D eigenvalue weighted by atomic mass is 16.5. The number of carbonyl (C=O) groups is 1. The quantitative estimate of drug-likeness (QED) is 0.558. The number of fused-ring (bicyclic) bond motifs is 1. The molecule has 0 fully saturated rings. The minimum Gasteiger partial charge on any atom is -0.496 e. The van der Waals surface area contributed by atoms with E-state index in [1.54, 1.807) is 13.2 Å². The SMILES string of the molecule is C=CCc1cc2c(cc1OC)C(=O)OC2. The topological polar surface area (TPSA) is 35.5 Å². The molecule has 2 rings (SSSR count). The van der Waals surface area contributed by atoms with E-state index in [1.165, 1.54) is 0 Å². The molecule has 0 saturated carbocycles. The highest BCUT2D eigenvalue weighted by Crippen LogP contribution is 2.29. The van der Waals surface area contributed by atoms with Gasteiger partial charge in [0.05, 0.1) is 12.7 Å². The minimum atomic E-state index is -0.270. The van der Waals surface area contributed by atoms with Gasteiger partial charge in [0.1, 0.15) is 12.4 Å². The Morgan fingerprint density at radius 1 is 1.60 bits per heavy atom. The van der Waals surface area contributed by atoms with Gasteiger partial charge in [0.2, 0.25) is 0 Å². The summed E-state index contributed by atoms with van der Waals surface area (Å²) >= 11 is 0. The van der Waals surface area contributed by atoms with Crippen LogP contribution in [0.2, 0.25) is 0 Å². The molecule has 0 saturated heterocycles. The van der Waals surface area contributed by atoms with Gasteiger partial charge in [-0.1, -0.05) is 6.08 Å². The van der Waals surface area contributed by atoms with Crippen molar-refractivity contribution in [2.24, 2.45) is 0 Å². The lowest BCUT2D eigenvalue weighted by atomic mass is 10.0. The lowest BCUT2D eigenvalue weighted by Crippen LogP contribution is -1.97. The van der Waals surface area contributed by atoms with E-state index >= 15 is 0 Å². The molecular formula is C12H12O3. The van der Waals surface area contributed by atoms with Crippen LogP contribution in [0.5, 0.6) is 5.75 Å². The molecule has 3 nitrogen and oxygen atoms in total. The Morgan fingerprint density at radius 3 is 3.07 bits per heavy atom. The number of ether oxygens (including phenoxy) is 2. The summed E-state index contributed by atoms with van der Waals surface area (Å²) in [4.78, 5) is 11.3. The second-order valence-corrected chi connectivity index (χ2v) is 3.39. The molecule has 1 aromatic carbocycles. The van der Waals surface area contributed by atoms with E-state index in [9.17, 15) is 4.79 Å². The van der Waals surface area contributed by atoms with Crippen LogP contribution in [-0.4, -0.2) is 13.1 Å². The van der Waals surface area contributed by atoms with Crippen molar-refractivity contribution in [2.75, 3.05) is 7.11 Å². The molecule has 0 N–H and O–H groups in total. The summed E-state index contributed by atoms with van der Waals surface area (Å²) < 4.78 is 10.2. The molecule has 0 unspecified atom stereocenters. The van der Waals surface area contributed by atoms with Crippen molar-refractivity contribution in [3.8, 4) is 5.75 Å². The number of esters is 1. The molecule has 78 valence electrons. The van der Waals surface area contributed by atoms with E-state index in [-0.39, 0.29) is 5.97 Å². The first kappa shape index (κ1) is 9.77. The average molecular weight is 204 g/mol. The Balaban J connectivity index is 2.50. The highest BCUT2D eigenvalue weighted by Gasteiger charge is 2.23. The number of benzene rings is 1. The van der Waals surface area contributed by atoms with Crippen LogP contribution in [0, 0.1) is 0 Å². The van der Waals surface area contributed by atoms with E-state index in [1.807, 2.05) is 12.1 Å². The molecular weight excluding hydrogens is 192 g/mol. The van der Waals surface area contributed by atoms with E-state index in [2.05, 4.69) is 6.58 Å². The summed E-state index contributed by atoms with van der Waals surface area (Å²) in [5.74, 6) is 0.445. The molecule has 1 aliphatic heterocycles. The number of methoxy groups -OCH3 is 1. The molecule has 1 aliphatic rings. The Labute approximate surface area is 88.3 Å². The first-order chi connectivity index (χ1) is 7.26. The first-order valence-electron chi connectivity index (χ1n) is 4.74. The number of hydrogen-bond acceptors (Lipinski definition) is 3. The Kier molecular flexibility index (Phi) is 2.46. The number of rotatable bonds is 3. The normalized spacial score (nSPS) is 13.3. The largest absolute Gasteiger partial charge is 0.496 e. The monoisotopic (exact) mass is 204 g/mol. The molecule has 0 spiro atoms. The van der Waals surface area contributed by atoms with Crippen LogP contribution < -0.4 is 4.74 Å². The van der Waals surface area contributed by atoms with Gasteiger partial charge in [0.25, 0.3) is 0 Å². The molecule has 0 bridgehead atoms. The second-order valence-electron chi connectivity index (χ2n) is 3.39. The van der Waals surface area contributed by atoms with Crippen LogP contribution in [0.15, 0.2) is 24.8 Å². The standard InChI is InChI=1S/C12H12O3/c1-3-4-8-5-9-7-15-12(13)10(9)6-11(8)14-2/h3,5-6H,1,4,7H2,2H3. The predicted octanol–water partition coefficient (Wildman–Crippen LogP) is 2.09. The third kappa shape index (κ3) is 1.61. The van der Waals surface area contributed by atoms with E-state index in [0.717, 1.165) is 17.5 Å². The molecule has 1 heterocycles. The fourth-order valence-corrected chi connectivity index (χ4v) is 1.71. The zero-order chi connectivity index (χ0) is 10.8. The molecule has 0 aromatic heterocycles. The lowest BCUT2D eigenvalue weighted by molar-refractivity contribution is 0.0535. The van der Waals surface area contributed by atoms with Crippen LogP contribution in [0.3, 0.4) is 0 Å². The van der Waals surface area contributed by atoms with Gasteiger partial charge < -0.3 is 9.47 Å². The summed E-state index contributed by atoms with van der Waals surface area (Å²) in [6, 6.07) is 3.68. The van der Waals surface area contributed by atoms with Crippen LogP contribution in [0.25, 0.3) is 0 Å². The summed E-state index contributed by atoms with van der Waals surface area (Å²) in [5, 5.41) is 0. The summed E-state index contributed by atoms with van der Waals surface area (Å²) in [7, 11) is 1.59. The van der Waals surface area contributed by atoms with Gasteiger partial charge >= 0.3 is 5.97 Å². The van der Waals surface area contributed by atoms with Gasteiger partial charge in [-0.05, 0) is 24.1 Å². The number of carbonyl (C=O) groups excluding carboxylic acids is 1. The summed E-state index contributed by atoms with van der Waals surface area (Å²) in [5.41, 5.74) is 2.57. The Morgan fingerprint density at radius 2 is 2.40 bits per heavy atom. The van der Waals surface area contributed by atoms with Crippen molar-refractivity contribution >= 4 is 5.97 Å². The molecule has 15 heavy (non-hydrogen) atoms. The zero-order valence-corrected chi connectivity index (χ0v) is 8.58. The maximum absolute atomic E-state index is 11.3. The summed E-state index contributed by atoms with van der Waals surface area (Å²) in [6.45, 7) is 4.05. The fraction of sp³-hybridized carbons (Fsp3) is 0.250. The van der Waals surface area contributed by atoms with Gasteiger partial charge in [0.15, 0.2) is 0 Å². The van der Waals surface area contributed by atoms with Crippen molar-refractivity contribution in [3.05, 3.63) is 41.5 Å².